The predicted molar refractivity (Wildman–Crippen MR) is 50.5 cm³/mol. The van der Waals surface area contributed by atoms with E-state index in [0.717, 1.165) is 0 Å². The van der Waals surface area contributed by atoms with Gasteiger partial charge in [-0.15, -0.1) is 0 Å². The maximum atomic E-state index is 2.35. The van der Waals surface area contributed by atoms with Crippen LogP contribution in [0.15, 0.2) is 24.3 Å². The zero-order chi connectivity index (χ0) is 8.32. The van der Waals surface area contributed by atoms with E-state index < -0.39 is 0 Å². The van der Waals surface area contributed by atoms with E-state index >= 15 is 0 Å². The van der Waals surface area contributed by atoms with E-state index in [0.29, 0.717) is 11.3 Å². The molecule has 0 heterocycles. The van der Waals surface area contributed by atoms with Crippen LogP contribution in [0.25, 0.3) is 0 Å². The van der Waals surface area contributed by atoms with Gasteiger partial charge in [0.15, 0.2) is 0 Å². The van der Waals surface area contributed by atoms with Crippen LogP contribution in [0.2, 0.25) is 0 Å². The first-order valence-corrected chi connectivity index (χ1v) is 4.52. The summed E-state index contributed by atoms with van der Waals surface area (Å²) < 4.78 is 0. The average molecular weight is 150 g/mol. The molecule has 0 aliphatic heterocycles. The van der Waals surface area contributed by atoms with Gasteiger partial charge in [0.2, 0.25) is 0 Å². The molecule has 0 fully saturated rings. The average Bonchev–Trinajstić information content (AvgIpc) is 2.37. The van der Waals surface area contributed by atoms with Crippen LogP contribution in [0.3, 0.4) is 0 Å². The van der Waals surface area contributed by atoms with E-state index in [1.54, 1.807) is 0 Å². The molecule has 0 aromatic carbocycles. The molecule has 0 saturated heterocycles. The van der Waals surface area contributed by atoms with Gasteiger partial charge in [-0.3, -0.25) is 0 Å². The van der Waals surface area contributed by atoms with Crippen molar-refractivity contribution in [2.75, 3.05) is 0 Å². The Morgan fingerprint density at radius 2 is 1.73 bits per heavy atom. The molecule has 0 saturated carbocycles. The first-order valence-electron chi connectivity index (χ1n) is 4.52. The van der Waals surface area contributed by atoms with E-state index in [4.69, 9.17) is 0 Å². The Hall–Kier alpha value is -0.520. The van der Waals surface area contributed by atoms with Crippen LogP contribution in [-0.2, 0) is 0 Å². The summed E-state index contributed by atoms with van der Waals surface area (Å²) in [6.45, 7) is 6.95. The SMILES string of the molecule is CCCC(C)(C)C1C=CC=C1. The minimum Gasteiger partial charge on any atom is -0.0771 e. The van der Waals surface area contributed by atoms with Crippen molar-refractivity contribution in [1.29, 1.82) is 0 Å². The van der Waals surface area contributed by atoms with Gasteiger partial charge >= 0.3 is 0 Å². The summed E-state index contributed by atoms with van der Waals surface area (Å²) in [6, 6.07) is 0. The number of hydrogen-bond donors (Lipinski definition) is 0. The second-order valence-electron chi connectivity index (χ2n) is 4.03. The Balaban J connectivity index is 2.56. The Labute approximate surface area is 70.0 Å². The molecule has 0 atom stereocenters. The highest BCUT2D eigenvalue weighted by molar-refractivity contribution is 5.20. The highest BCUT2D eigenvalue weighted by atomic mass is 14.3. The van der Waals surface area contributed by atoms with Gasteiger partial charge in [0, 0.05) is 5.92 Å². The van der Waals surface area contributed by atoms with Crippen LogP contribution >= 0.6 is 0 Å². The molecule has 62 valence electrons. The normalized spacial score (nSPS) is 18.1. The molecule has 1 aliphatic carbocycles. The van der Waals surface area contributed by atoms with Crippen LogP contribution in [0.4, 0.5) is 0 Å². The fraction of sp³-hybridized carbons (Fsp3) is 0.636. The van der Waals surface area contributed by atoms with Crippen molar-refractivity contribution in [2.45, 2.75) is 33.6 Å². The maximum Gasteiger partial charge on any atom is 0.000399 e. The lowest BCUT2D eigenvalue weighted by Gasteiger charge is -2.28. The van der Waals surface area contributed by atoms with Crippen molar-refractivity contribution in [3.05, 3.63) is 24.3 Å². The van der Waals surface area contributed by atoms with Gasteiger partial charge in [0.1, 0.15) is 0 Å². The number of rotatable bonds is 3. The molecule has 0 N–H and O–H groups in total. The van der Waals surface area contributed by atoms with Crippen LogP contribution in [0, 0.1) is 11.3 Å². The number of hydrogen-bond acceptors (Lipinski definition) is 0. The fourth-order valence-electron chi connectivity index (χ4n) is 1.76. The van der Waals surface area contributed by atoms with Gasteiger partial charge in [0.25, 0.3) is 0 Å². The lowest BCUT2D eigenvalue weighted by atomic mass is 9.76. The summed E-state index contributed by atoms with van der Waals surface area (Å²) >= 11 is 0. The summed E-state index contributed by atoms with van der Waals surface area (Å²) in [6.07, 6.45) is 11.5. The highest BCUT2D eigenvalue weighted by Crippen LogP contribution is 2.35. The van der Waals surface area contributed by atoms with Crippen molar-refractivity contribution in [2.24, 2.45) is 11.3 Å². The smallest absolute Gasteiger partial charge is 0.000399 e. The quantitative estimate of drug-likeness (QED) is 0.577. The van der Waals surface area contributed by atoms with Gasteiger partial charge in [-0.25, -0.2) is 0 Å². The fourth-order valence-corrected chi connectivity index (χ4v) is 1.76. The lowest BCUT2D eigenvalue weighted by molar-refractivity contribution is 0.277. The third kappa shape index (κ3) is 1.95. The van der Waals surface area contributed by atoms with Crippen molar-refractivity contribution in [3.63, 3.8) is 0 Å². The standard InChI is InChI=1S/C11H18/c1-4-9-11(2,3)10-7-5-6-8-10/h5-8,10H,4,9H2,1-3H3. The van der Waals surface area contributed by atoms with Gasteiger partial charge in [-0.1, -0.05) is 51.5 Å². The molecule has 0 spiro atoms. The van der Waals surface area contributed by atoms with Crippen molar-refractivity contribution >= 4 is 0 Å². The molecule has 0 aromatic rings. The Kier molecular flexibility index (Phi) is 2.53. The van der Waals surface area contributed by atoms with Crippen LogP contribution in [0.1, 0.15) is 33.6 Å². The zero-order valence-corrected chi connectivity index (χ0v) is 7.80. The first-order chi connectivity index (χ1) is 5.17. The van der Waals surface area contributed by atoms with Gasteiger partial charge in [-0.05, 0) is 11.8 Å². The second kappa shape index (κ2) is 3.25. The molecule has 0 radical (unpaired) electrons. The third-order valence-electron chi connectivity index (χ3n) is 2.54. The summed E-state index contributed by atoms with van der Waals surface area (Å²) in [5.74, 6) is 0.669. The Bertz CT molecular complexity index is 160. The minimum absolute atomic E-state index is 0.457. The first kappa shape index (κ1) is 8.58. The van der Waals surface area contributed by atoms with E-state index in [1.165, 1.54) is 12.8 Å². The minimum atomic E-state index is 0.457. The molecule has 11 heavy (non-hydrogen) atoms. The zero-order valence-electron chi connectivity index (χ0n) is 7.80. The van der Waals surface area contributed by atoms with Crippen LogP contribution in [-0.4, -0.2) is 0 Å². The lowest BCUT2D eigenvalue weighted by Crippen LogP contribution is -2.19. The summed E-state index contributed by atoms with van der Waals surface area (Å²) in [4.78, 5) is 0. The molecular weight excluding hydrogens is 132 g/mol. The van der Waals surface area contributed by atoms with Crippen LogP contribution < -0.4 is 0 Å². The molecule has 0 amide bonds. The topological polar surface area (TPSA) is 0 Å². The molecule has 0 unspecified atom stereocenters. The van der Waals surface area contributed by atoms with E-state index in [-0.39, 0.29) is 0 Å². The van der Waals surface area contributed by atoms with Gasteiger partial charge in [-0.2, -0.15) is 0 Å². The second-order valence-corrected chi connectivity index (χ2v) is 4.03. The molecule has 0 bridgehead atoms. The van der Waals surface area contributed by atoms with Crippen LogP contribution in [0.5, 0.6) is 0 Å². The predicted octanol–water partition coefficient (Wildman–Crippen LogP) is 3.55. The maximum absolute atomic E-state index is 2.35. The third-order valence-corrected chi connectivity index (χ3v) is 2.54. The van der Waals surface area contributed by atoms with Crippen molar-refractivity contribution in [3.8, 4) is 0 Å². The summed E-state index contributed by atoms with van der Waals surface area (Å²) in [5.41, 5.74) is 0.457. The summed E-state index contributed by atoms with van der Waals surface area (Å²) in [5, 5.41) is 0. The molecular formula is C11H18. The molecule has 0 aromatic heterocycles. The molecule has 1 aliphatic rings. The van der Waals surface area contributed by atoms with E-state index in [9.17, 15) is 0 Å². The molecule has 1 rings (SSSR count). The van der Waals surface area contributed by atoms with Crippen molar-refractivity contribution < 1.29 is 0 Å². The van der Waals surface area contributed by atoms with Crippen molar-refractivity contribution in [1.82, 2.24) is 0 Å². The van der Waals surface area contributed by atoms with Gasteiger partial charge in [0.05, 0.1) is 0 Å². The number of allylic oxidation sites excluding steroid dienone is 4. The Morgan fingerprint density at radius 3 is 2.18 bits per heavy atom. The Morgan fingerprint density at radius 1 is 1.18 bits per heavy atom. The van der Waals surface area contributed by atoms with E-state index in [2.05, 4.69) is 45.1 Å². The van der Waals surface area contributed by atoms with Gasteiger partial charge < -0.3 is 0 Å². The highest BCUT2D eigenvalue weighted by Gasteiger charge is 2.25. The summed E-state index contributed by atoms with van der Waals surface area (Å²) in [7, 11) is 0. The molecule has 0 nitrogen and oxygen atoms in total. The monoisotopic (exact) mass is 150 g/mol. The van der Waals surface area contributed by atoms with E-state index in [1.807, 2.05) is 0 Å². The molecule has 0 heteroatoms. The largest absolute Gasteiger partial charge is 0.0771 e.